The van der Waals surface area contributed by atoms with Gasteiger partial charge in [-0.25, -0.2) is 0 Å². The number of carbonyl (C=O) groups is 1. The van der Waals surface area contributed by atoms with E-state index in [1.54, 1.807) is 0 Å². The zero-order valence-electron chi connectivity index (χ0n) is 12.8. The number of piperidine rings is 1. The molecule has 0 unspecified atom stereocenters. The van der Waals surface area contributed by atoms with E-state index in [0.29, 0.717) is 5.56 Å². The third-order valence-corrected chi connectivity index (χ3v) is 4.34. The highest BCUT2D eigenvalue weighted by atomic mass is 16.1. The third-order valence-electron chi connectivity index (χ3n) is 4.34. The van der Waals surface area contributed by atoms with Gasteiger partial charge in [0.25, 0.3) is 0 Å². The number of hydrogen-bond donors (Lipinski definition) is 1. The van der Waals surface area contributed by atoms with E-state index in [9.17, 15) is 4.79 Å². The van der Waals surface area contributed by atoms with Crippen LogP contribution in [0.3, 0.4) is 0 Å². The van der Waals surface area contributed by atoms with E-state index in [2.05, 4.69) is 23.1 Å². The number of primary amides is 1. The smallest absolute Gasteiger partial charge is 0.249 e. The first-order valence-electron chi connectivity index (χ1n) is 7.96. The van der Waals surface area contributed by atoms with E-state index >= 15 is 0 Å². The molecule has 2 aromatic carbocycles. The molecule has 1 heterocycles. The van der Waals surface area contributed by atoms with Gasteiger partial charge in [-0.3, -0.25) is 4.79 Å². The van der Waals surface area contributed by atoms with Gasteiger partial charge >= 0.3 is 0 Å². The Morgan fingerprint density at radius 1 is 0.955 bits per heavy atom. The molecule has 1 amide bonds. The molecule has 0 aliphatic carbocycles. The van der Waals surface area contributed by atoms with Gasteiger partial charge in [-0.2, -0.15) is 0 Å². The summed E-state index contributed by atoms with van der Waals surface area (Å²) >= 11 is 0. The first-order chi connectivity index (χ1) is 10.8. The minimum Gasteiger partial charge on any atom is -0.371 e. The van der Waals surface area contributed by atoms with Crippen LogP contribution in [-0.2, 0) is 6.42 Å². The molecule has 0 spiro atoms. The van der Waals surface area contributed by atoms with Crippen LogP contribution in [0.4, 0.5) is 5.69 Å². The van der Waals surface area contributed by atoms with E-state index in [4.69, 9.17) is 5.73 Å². The summed E-state index contributed by atoms with van der Waals surface area (Å²) in [6.07, 6.45) is 4.46. The van der Waals surface area contributed by atoms with Gasteiger partial charge in [0.15, 0.2) is 0 Å². The molecule has 2 aromatic rings. The lowest BCUT2D eigenvalue weighted by molar-refractivity contribution is 0.0999. The lowest BCUT2D eigenvalue weighted by Gasteiger charge is -2.31. The third kappa shape index (κ3) is 3.14. The fourth-order valence-electron chi connectivity index (χ4n) is 3.22. The number of nitrogens with zero attached hydrogens (tertiary/aromatic N) is 1. The normalized spacial score (nSPS) is 14.8. The van der Waals surface area contributed by atoms with Gasteiger partial charge in [-0.05, 0) is 42.5 Å². The van der Waals surface area contributed by atoms with Gasteiger partial charge in [-0.15, -0.1) is 0 Å². The second-order valence-corrected chi connectivity index (χ2v) is 5.88. The predicted molar refractivity (Wildman–Crippen MR) is 90.3 cm³/mol. The first-order valence-corrected chi connectivity index (χ1v) is 7.96. The van der Waals surface area contributed by atoms with Crippen LogP contribution in [-0.4, -0.2) is 19.0 Å². The summed E-state index contributed by atoms with van der Waals surface area (Å²) in [6.45, 7) is 2.12. The van der Waals surface area contributed by atoms with Crippen LogP contribution >= 0.6 is 0 Å². The molecular formula is C19H22N2O. The Balaban J connectivity index is 2.01. The fraction of sp³-hybridized carbons (Fsp3) is 0.316. The maximum atomic E-state index is 11.9. The van der Waals surface area contributed by atoms with Crippen molar-refractivity contribution in [1.82, 2.24) is 0 Å². The number of anilines is 1. The Bertz CT molecular complexity index is 646. The van der Waals surface area contributed by atoms with Crippen molar-refractivity contribution in [2.75, 3.05) is 18.0 Å². The van der Waals surface area contributed by atoms with Crippen LogP contribution in [0.25, 0.3) is 0 Å². The van der Waals surface area contributed by atoms with Crippen LogP contribution in [0.15, 0.2) is 48.5 Å². The van der Waals surface area contributed by atoms with Crippen molar-refractivity contribution < 1.29 is 4.79 Å². The van der Waals surface area contributed by atoms with Crippen molar-refractivity contribution in [2.45, 2.75) is 25.7 Å². The Morgan fingerprint density at radius 3 is 2.36 bits per heavy atom. The van der Waals surface area contributed by atoms with Crippen molar-refractivity contribution in [1.29, 1.82) is 0 Å². The monoisotopic (exact) mass is 294 g/mol. The molecule has 1 saturated heterocycles. The molecule has 1 aliphatic heterocycles. The molecule has 3 heteroatoms. The van der Waals surface area contributed by atoms with E-state index in [-0.39, 0.29) is 5.91 Å². The molecule has 0 bridgehead atoms. The summed E-state index contributed by atoms with van der Waals surface area (Å²) in [5, 5.41) is 0. The van der Waals surface area contributed by atoms with Crippen LogP contribution < -0.4 is 10.6 Å². The molecular weight excluding hydrogens is 272 g/mol. The number of amides is 1. The lowest BCUT2D eigenvalue weighted by atomic mass is 9.96. The zero-order valence-corrected chi connectivity index (χ0v) is 12.8. The number of nitrogens with two attached hydrogens (primary N) is 1. The number of benzene rings is 2. The molecule has 22 heavy (non-hydrogen) atoms. The SMILES string of the molecule is NC(=O)c1cccc(N2CCCCC2)c1Cc1ccccc1. The number of hydrogen-bond acceptors (Lipinski definition) is 2. The van der Waals surface area contributed by atoms with Crippen molar-refractivity contribution in [3.8, 4) is 0 Å². The Labute approximate surface area is 131 Å². The predicted octanol–water partition coefficient (Wildman–Crippen LogP) is 3.37. The van der Waals surface area contributed by atoms with E-state index in [1.807, 2.05) is 30.3 Å². The molecule has 1 fully saturated rings. The summed E-state index contributed by atoms with van der Waals surface area (Å²) in [5.41, 5.74) is 9.68. The molecule has 114 valence electrons. The maximum absolute atomic E-state index is 11.9. The van der Waals surface area contributed by atoms with Gasteiger partial charge in [0.2, 0.25) is 5.91 Å². The molecule has 1 aliphatic rings. The van der Waals surface area contributed by atoms with Crippen LogP contribution in [0, 0.1) is 0 Å². The Kier molecular flexibility index (Phi) is 4.42. The number of rotatable bonds is 4. The highest BCUT2D eigenvalue weighted by molar-refractivity contribution is 5.96. The van der Waals surface area contributed by atoms with Gasteiger partial charge < -0.3 is 10.6 Å². The summed E-state index contributed by atoms with van der Waals surface area (Å²) in [7, 11) is 0. The quantitative estimate of drug-likeness (QED) is 0.939. The van der Waals surface area contributed by atoms with Crippen LogP contribution in [0.1, 0.15) is 40.7 Å². The van der Waals surface area contributed by atoms with Crippen molar-refractivity contribution in [3.05, 3.63) is 65.2 Å². The maximum Gasteiger partial charge on any atom is 0.249 e. The van der Waals surface area contributed by atoms with Crippen molar-refractivity contribution in [2.24, 2.45) is 5.73 Å². The standard InChI is InChI=1S/C19H22N2O/c20-19(22)16-10-7-11-18(21-12-5-2-6-13-21)17(16)14-15-8-3-1-4-9-15/h1,3-4,7-11H,2,5-6,12-14H2,(H2,20,22). The highest BCUT2D eigenvalue weighted by Gasteiger charge is 2.19. The summed E-state index contributed by atoms with van der Waals surface area (Å²) in [4.78, 5) is 14.2. The van der Waals surface area contributed by atoms with E-state index in [1.165, 1.54) is 30.5 Å². The van der Waals surface area contributed by atoms with E-state index in [0.717, 1.165) is 25.1 Å². The average molecular weight is 294 g/mol. The fourth-order valence-corrected chi connectivity index (χ4v) is 3.22. The molecule has 0 radical (unpaired) electrons. The largest absolute Gasteiger partial charge is 0.371 e. The molecule has 3 nitrogen and oxygen atoms in total. The first kappa shape index (κ1) is 14.6. The van der Waals surface area contributed by atoms with Gasteiger partial charge in [0, 0.05) is 30.8 Å². The minimum absolute atomic E-state index is 0.343. The second kappa shape index (κ2) is 6.65. The minimum atomic E-state index is -0.343. The highest BCUT2D eigenvalue weighted by Crippen LogP contribution is 2.29. The molecule has 3 rings (SSSR count). The summed E-state index contributed by atoms with van der Waals surface area (Å²) < 4.78 is 0. The summed E-state index contributed by atoms with van der Waals surface area (Å²) in [6, 6.07) is 16.2. The molecule has 0 aromatic heterocycles. The topological polar surface area (TPSA) is 46.3 Å². The van der Waals surface area contributed by atoms with Crippen molar-refractivity contribution in [3.63, 3.8) is 0 Å². The molecule has 0 saturated carbocycles. The summed E-state index contributed by atoms with van der Waals surface area (Å²) in [5.74, 6) is -0.343. The molecule has 0 atom stereocenters. The Hall–Kier alpha value is -2.29. The average Bonchev–Trinajstić information content (AvgIpc) is 2.56. The van der Waals surface area contributed by atoms with Crippen molar-refractivity contribution >= 4 is 11.6 Å². The second-order valence-electron chi connectivity index (χ2n) is 5.88. The van der Waals surface area contributed by atoms with Crippen LogP contribution in [0.2, 0.25) is 0 Å². The lowest BCUT2D eigenvalue weighted by Crippen LogP contribution is -2.31. The van der Waals surface area contributed by atoms with Gasteiger partial charge in [-0.1, -0.05) is 36.4 Å². The van der Waals surface area contributed by atoms with Gasteiger partial charge in [0.05, 0.1) is 0 Å². The molecule has 2 N–H and O–H groups in total. The van der Waals surface area contributed by atoms with E-state index < -0.39 is 0 Å². The zero-order chi connectivity index (χ0) is 15.4. The van der Waals surface area contributed by atoms with Gasteiger partial charge in [0.1, 0.15) is 0 Å². The number of carbonyl (C=O) groups excluding carboxylic acids is 1. The Morgan fingerprint density at radius 2 is 1.68 bits per heavy atom. The van der Waals surface area contributed by atoms with Crippen LogP contribution in [0.5, 0.6) is 0 Å².